The fourth-order valence-corrected chi connectivity index (χ4v) is 6.14. The Hall–Kier alpha value is -4.79. The minimum atomic E-state index is -1.26. The molecule has 1 aliphatic carbocycles. The number of likely N-dealkylation sites (N-methyl/N-ethyl adjacent to an activating group) is 1. The fraction of sp³-hybridized carbons (Fsp3) is 0.382. The normalized spacial score (nSPS) is 19.3. The smallest absolute Gasteiger partial charge is 0.328 e. The van der Waals surface area contributed by atoms with Crippen LogP contribution in [0.2, 0.25) is 5.02 Å². The molecule has 0 saturated carbocycles. The lowest BCUT2D eigenvalue weighted by Gasteiger charge is -2.39. The topological polar surface area (TPSA) is 179 Å². The van der Waals surface area contributed by atoms with Crippen LogP contribution in [0, 0.1) is 5.82 Å². The summed E-state index contributed by atoms with van der Waals surface area (Å²) in [6.45, 7) is 10.3. The van der Waals surface area contributed by atoms with Gasteiger partial charge in [0.1, 0.15) is 5.82 Å². The molecule has 264 valence electrons. The van der Waals surface area contributed by atoms with Gasteiger partial charge in [0.05, 0.1) is 0 Å². The molecular formula is C34H40ClFN4O9. The zero-order valence-corrected chi connectivity index (χ0v) is 27.7. The number of piperazine rings is 1. The Morgan fingerprint density at radius 2 is 1.29 bits per heavy atom. The Labute approximate surface area is 288 Å². The lowest BCUT2D eigenvalue weighted by atomic mass is 9.93. The zero-order chi connectivity index (χ0) is 36.1. The van der Waals surface area contributed by atoms with Gasteiger partial charge >= 0.3 is 29.9 Å². The van der Waals surface area contributed by atoms with E-state index in [1.54, 1.807) is 12.1 Å². The van der Waals surface area contributed by atoms with Gasteiger partial charge in [0.2, 0.25) is 0 Å². The van der Waals surface area contributed by atoms with E-state index in [-0.39, 0.29) is 17.8 Å². The summed E-state index contributed by atoms with van der Waals surface area (Å²) < 4.78 is 13.5. The van der Waals surface area contributed by atoms with E-state index in [9.17, 15) is 28.4 Å². The van der Waals surface area contributed by atoms with Crippen LogP contribution in [0.5, 0.6) is 0 Å². The van der Waals surface area contributed by atoms with E-state index in [1.165, 1.54) is 11.1 Å². The van der Waals surface area contributed by atoms with Crippen molar-refractivity contribution in [2.45, 2.75) is 25.3 Å². The molecular weight excluding hydrogens is 663 g/mol. The van der Waals surface area contributed by atoms with Gasteiger partial charge in [0.15, 0.2) is 0 Å². The predicted molar refractivity (Wildman–Crippen MR) is 178 cm³/mol. The highest BCUT2D eigenvalue weighted by atomic mass is 35.5. The quantitative estimate of drug-likeness (QED) is 0.264. The third-order valence-corrected chi connectivity index (χ3v) is 8.58. The van der Waals surface area contributed by atoms with Crippen molar-refractivity contribution in [1.29, 1.82) is 0 Å². The number of urea groups is 1. The number of halogens is 2. The zero-order valence-electron chi connectivity index (χ0n) is 27.0. The molecule has 2 unspecified atom stereocenters. The fourth-order valence-electron chi connectivity index (χ4n) is 5.96. The summed E-state index contributed by atoms with van der Waals surface area (Å²) in [6.07, 6.45) is 3.23. The van der Waals surface area contributed by atoms with Gasteiger partial charge in [0, 0.05) is 100 Å². The van der Waals surface area contributed by atoms with Crippen LogP contribution >= 0.6 is 11.6 Å². The molecule has 2 aromatic rings. The number of fused-ring (bicyclic) bond motifs is 1. The number of rotatable bonds is 10. The SMILES string of the molecule is CCN1CCN(CCN2CCN(C3CC(c4ccc(F)cc4)c4cc(Cl)ccc43)CC2)C1=O.O=C(O)/C=C\C(=O)O.O=C(O)/C=C\C(=O)O. The van der Waals surface area contributed by atoms with E-state index < -0.39 is 23.9 Å². The second kappa shape index (κ2) is 18.7. The average Bonchev–Trinajstić information content (AvgIpc) is 3.62. The molecule has 0 spiro atoms. The molecule has 49 heavy (non-hydrogen) atoms. The molecule has 2 heterocycles. The maximum Gasteiger partial charge on any atom is 0.328 e. The molecule has 4 N–H and O–H groups in total. The van der Waals surface area contributed by atoms with Gasteiger partial charge in [-0.25, -0.2) is 28.4 Å². The molecule has 0 aromatic heterocycles. The number of carboxylic acids is 4. The third-order valence-electron chi connectivity index (χ3n) is 8.35. The van der Waals surface area contributed by atoms with E-state index in [1.807, 2.05) is 34.9 Å². The minimum absolute atomic E-state index is 0.184. The number of nitrogens with zero attached hydrogens (tertiary/aromatic N) is 4. The Morgan fingerprint density at radius 1 is 0.755 bits per heavy atom. The maximum atomic E-state index is 13.5. The van der Waals surface area contributed by atoms with Gasteiger partial charge in [-0.1, -0.05) is 29.8 Å². The average molecular weight is 703 g/mol. The van der Waals surface area contributed by atoms with Gasteiger partial charge in [0.25, 0.3) is 0 Å². The van der Waals surface area contributed by atoms with Crippen molar-refractivity contribution >= 4 is 41.5 Å². The number of aliphatic carboxylic acids is 4. The van der Waals surface area contributed by atoms with Crippen molar-refractivity contribution in [3.8, 4) is 0 Å². The number of amides is 2. The van der Waals surface area contributed by atoms with Crippen LogP contribution in [-0.4, -0.2) is 129 Å². The molecule has 5 rings (SSSR count). The van der Waals surface area contributed by atoms with Gasteiger partial charge in [-0.05, 0) is 54.3 Å². The highest BCUT2D eigenvalue weighted by Crippen LogP contribution is 2.47. The van der Waals surface area contributed by atoms with Crippen LogP contribution in [0.1, 0.15) is 42.0 Å². The summed E-state index contributed by atoms with van der Waals surface area (Å²) >= 11 is 6.36. The first-order chi connectivity index (χ1) is 23.3. The molecule has 2 aliphatic heterocycles. The number of hydrogen-bond donors (Lipinski definition) is 4. The second-order valence-electron chi connectivity index (χ2n) is 11.4. The van der Waals surface area contributed by atoms with Crippen LogP contribution in [0.15, 0.2) is 66.8 Å². The first-order valence-corrected chi connectivity index (χ1v) is 16.0. The summed E-state index contributed by atoms with van der Waals surface area (Å²) in [5.74, 6) is -4.99. The van der Waals surface area contributed by atoms with Crippen LogP contribution < -0.4 is 0 Å². The van der Waals surface area contributed by atoms with Crippen molar-refractivity contribution in [2.24, 2.45) is 0 Å². The molecule has 2 atom stereocenters. The van der Waals surface area contributed by atoms with E-state index in [0.29, 0.717) is 30.3 Å². The summed E-state index contributed by atoms with van der Waals surface area (Å²) in [5.41, 5.74) is 3.77. The van der Waals surface area contributed by atoms with Gasteiger partial charge in [-0.15, -0.1) is 0 Å². The first kappa shape index (κ1) is 38.7. The van der Waals surface area contributed by atoms with Crippen LogP contribution in [-0.2, 0) is 19.2 Å². The molecule has 2 aromatic carbocycles. The predicted octanol–water partition coefficient (Wildman–Crippen LogP) is 3.85. The monoisotopic (exact) mass is 702 g/mol. The molecule has 0 radical (unpaired) electrons. The van der Waals surface area contributed by atoms with E-state index in [0.717, 1.165) is 75.9 Å². The highest BCUT2D eigenvalue weighted by Gasteiger charge is 2.37. The molecule has 0 bridgehead atoms. The summed E-state index contributed by atoms with van der Waals surface area (Å²) in [5, 5.41) is 32.0. The summed E-state index contributed by atoms with van der Waals surface area (Å²) in [6, 6.07) is 13.7. The summed E-state index contributed by atoms with van der Waals surface area (Å²) in [7, 11) is 0. The van der Waals surface area contributed by atoms with Crippen molar-refractivity contribution in [1.82, 2.24) is 19.6 Å². The first-order valence-electron chi connectivity index (χ1n) is 15.6. The molecule has 13 nitrogen and oxygen atoms in total. The third kappa shape index (κ3) is 12.0. The largest absolute Gasteiger partial charge is 0.478 e. The lowest BCUT2D eigenvalue weighted by Crippen LogP contribution is -2.49. The minimum Gasteiger partial charge on any atom is -0.478 e. The van der Waals surface area contributed by atoms with Crippen molar-refractivity contribution in [3.05, 3.63) is 94.3 Å². The molecule has 2 amide bonds. The van der Waals surface area contributed by atoms with Crippen molar-refractivity contribution in [3.63, 3.8) is 0 Å². The van der Waals surface area contributed by atoms with Crippen molar-refractivity contribution in [2.75, 3.05) is 58.9 Å². The Morgan fingerprint density at radius 3 is 1.78 bits per heavy atom. The van der Waals surface area contributed by atoms with E-state index in [4.69, 9.17) is 32.0 Å². The molecule has 3 aliphatic rings. The van der Waals surface area contributed by atoms with Crippen LogP contribution in [0.25, 0.3) is 0 Å². The van der Waals surface area contributed by atoms with Crippen molar-refractivity contribution < 1.29 is 48.8 Å². The molecule has 2 fully saturated rings. The van der Waals surface area contributed by atoms with Gasteiger partial charge < -0.3 is 30.2 Å². The van der Waals surface area contributed by atoms with Crippen LogP contribution in [0.3, 0.4) is 0 Å². The highest BCUT2D eigenvalue weighted by molar-refractivity contribution is 6.30. The Kier molecular flexibility index (Phi) is 14.7. The standard InChI is InChI=1S/C26H32ClFN4O.2C4H4O4/c1-2-30-15-16-32(26(30)33)14-11-29-9-12-31(13-10-29)25-18-23(19-3-6-21(28)7-4-19)24-17-20(27)5-8-22(24)25;2*5-3(6)1-2-4(7)8/h3-8,17,23,25H,2,9-16,18H2,1H3;2*1-2H,(H,5,6)(H,7,8)/b;2*2-1-. The number of benzene rings is 2. The summed E-state index contributed by atoms with van der Waals surface area (Å²) in [4.78, 5) is 59.5. The molecule has 15 heteroatoms. The van der Waals surface area contributed by atoms with E-state index >= 15 is 0 Å². The number of carbonyl (C=O) groups excluding carboxylic acids is 1. The number of hydrogen-bond acceptors (Lipinski definition) is 7. The van der Waals surface area contributed by atoms with Gasteiger partial charge in [-0.2, -0.15) is 0 Å². The number of carbonyl (C=O) groups is 5. The maximum absolute atomic E-state index is 13.5. The second-order valence-corrected chi connectivity index (χ2v) is 11.8. The number of carboxylic acid groups (broad SMARTS) is 4. The lowest BCUT2D eigenvalue weighted by molar-refractivity contribution is -0.134. The van der Waals surface area contributed by atoms with Crippen LogP contribution in [0.4, 0.5) is 9.18 Å². The Balaban J connectivity index is 0.000000338. The van der Waals surface area contributed by atoms with Gasteiger partial charge in [-0.3, -0.25) is 9.80 Å². The molecule has 2 saturated heterocycles. The van der Waals surface area contributed by atoms with E-state index in [2.05, 4.69) is 21.9 Å². The Bertz CT molecular complexity index is 1480.